The summed E-state index contributed by atoms with van der Waals surface area (Å²) < 4.78 is 0. The van der Waals surface area contributed by atoms with Gasteiger partial charge in [0.2, 0.25) is 5.91 Å². The molecule has 1 aliphatic heterocycles. The zero-order valence-corrected chi connectivity index (χ0v) is 14.4. The molecule has 3 atom stereocenters. The van der Waals surface area contributed by atoms with Crippen LogP contribution >= 0.6 is 23.4 Å². The fourth-order valence-corrected chi connectivity index (χ4v) is 3.24. The van der Waals surface area contributed by atoms with Crippen LogP contribution in [0.15, 0.2) is 24.3 Å². The van der Waals surface area contributed by atoms with E-state index < -0.39 is 0 Å². The molecule has 1 fully saturated rings. The van der Waals surface area contributed by atoms with E-state index in [9.17, 15) is 4.79 Å². The zero-order chi connectivity index (χ0) is 15.4. The quantitative estimate of drug-likeness (QED) is 0.867. The number of hydrogen-bond acceptors (Lipinski definition) is 3. The summed E-state index contributed by atoms with van der Waals surface area (Å²) in [4.78, 5) is 14.7. The van der Waals surface area contributed by atoms with E-state index in [-0.39, 0.29) is 18.1 Å². The molecule has 3 unspecified atom stereocenters. The molecule has 1 aromatic carbocycles. The second kappa shape index (κ2) is 7.52. The number of thioether (sulfide) groups is 1. The molecule has 0 radical (unpaired) electrons. The first-order chi connectivity index (χ1) is 10.1. The molecule has 1 amide bonds. The van der Waals surface area contributed by atoms with E-state index in [0.29, 0.717) is 10.9 Å². The number of rotatable bonds is 6. The van der Waals surface area contributed by atoms with E-state index in [1.54, 1.807) is 11.8 Å². The smallest absolute Gasteiger partial charge is 0.241 e. The lowest BCUT2D eigenvalue weighted by atomic mass is 9.99. The second-order valence-electron chi connectivity index (χ2n) is 5.51. The van der Waals surface area contributed by atoms with Gasteiger partial charge in [-0.25, -0.2) is 0 Å². The molecule has 0 bridgehead atoms. The monoisotopic (exact) mass is 326 g/mol. The first-order valence-electron chi connectivity index (χ1n) is 7.39. The largest absolute Gasteiger partial charge is 0.321 e. The number of nitrogens with zero attached hydrogens (tertiary/aromatic N) is 1. The van der Waals surface area contributed by atoms with Crippen molar-refractivity contribution < 1.29 is 4.79 Å². The van der Waals surface area contributed by atoms with Gasteiger partial charge < -0.3 is 4.90 Å². The molecule has 1 heterocycles. The van der Waals surface area contributed by atoms with Crippen LogP contribution in [0.4, 0.5) is 0 Å². The van der Waals surface area contributed by atoms with E-state index in [4.69, 9.17) is 11.6 Å². The molecule has 116 valence electrons. The highest BCUT2D eigenvalue weighted by Gasteiger charge is 2.41. The molecule has 5 heteroatoms. The van der Waals surface area contributed by atoms with Crippen molar-refractivity contribution in [2.75, 3.05) is 18.6 Å². The number of halogens is 1. The van der Waals surface area contributed by atoms with Crippen LogP contribution in [0.3, 0.4) is 0 Å². The molecule has 1 aromatic rings. The lowest BCUT2D eigenvalue weighted by molar-refractivity contribution is -0.130. The van der Waals surface area contributed by atoms with Gasteiger partial charge in [-0.15, -0.1) is 0 Å². The molecular formula is C16H23ClN2OS. The Morgan fingerprint density at radius 2 is 2.24 bits per heavy atom. The molecule has 21 heavy (non-hydrogen) atoms. The summed E-state index contributed by atoms with van der Waals surface area (Å²) in [5.41, 5.74) is 1.06. The van der Waals surface area contributed by atoms with E-state index in [1.807, 2.05) is 29.2 Å². The highest BCUT2D eigenvalue weighted by atomic mass is 35.5. The molecule has 0 aliphatic carbocycles. The van der Waals surface area contributed by atoms with Crippen LogP contribution in [0, 0.1) is 5.92 Å². The summed E-state index contributed by atoms with van der Waals surface area (Å²) in [5.74, 6) is 1.49. The Bertz CT molecular complexity index is 497. The fraction of sp³-hybridized carbons (Fsp3) is 0.562. The van der Waals surface area contributed by atoms with Gasteiger partial charge in [0.1, 0.15) is 6.17 Å². The van der Waals surface area contributed by atoms with Gasteiger partial charge in [-0.2, -0.15) is 11.8 Å². The van der Waals surface area contributed by atoms with Crippen molar-refractivity contribution in [1.82, 2.24) is 10.2 Å². The van der Waals surface area contributed by atoms with Crippen LogP contribution in [-0.2, 0) is 4.79 Å². The topological polar surface area (TPSA) is 32.3 Å². The van der Waals surface area contributed by atoms with E-state index in [0.717, 1.165) is 24.3 Å². The van der Waals surface area contributed by atoms with Gasteiger partial charge in [0, 0.05) is 17.3 Å². The summed E-state index contributed by atoms with van der Waals surface area (Å²) in [6.07, 6.45) is 2.98. The fourth-order valence-electron chi connectivity index (χ4n) is 2.66. The maximum absolute atomic E-state index is 12.7. The van der Waals surface area contributed by atoms with Crippen molar-refractivity contribution in [3.8, 4) is 0 Å². The van der Waals surface area contributed by atoms with Crippen molar-refractivity contribution >= 4 is 29.3 Å². The van der Waals surface area contributed by atoms with Crippen LogP contribution in [0.1, 0.15) is 32.0 Å². The highest BCUT2D eigenvalue weighted by Crippen LogP contribution is 2.30. The Labute approximate surface area is 136 Å². The van der Waals surface area contributed by atoms with Crippen molar-refractivity contribution in [3.05, 3.63) is 34.9 Å². The van der Waals surface area contributed by atoms with Crippen molar-refractivity contribution in [2.45, 2.75) is 32.5 Å². The lowest BCUT2D eigenvalue weighted by Gasteiger charge is -2.24. The Morgan fingerprint density at radius 3 is 2.86 bits per heavy atom. The predicted molar refractivity (Wildman–Crippen MR) is 90.7 cm³/mol. The SMILES string of the molecule is CCC(C)C1NC(c2cccc(Cl)c2)N(CCSC)C1=O. The maximum atomic E-state index is 12.7. The summed E-state index contributed by atoms with van der Waals surface area (Å²) in [6.45, 7) is 5.01. The third-order valence-electron chi connectivity index (χ3n) is 4.11. The molecule has 1 N–H and O–H groups in total. The van der Waals surface area contributed by atoms with Gasteiger partial charge in [0.05, 0.1) is 6.04 Å². The summed E-state index contributed by atoms with van der Waals surface area (Å²) in [5, 5.41) is 4.21. The predicted octanol–water partition coefficient (Wildman–Crippen LogP) is 3.55. The van der Waals surface area contributed by atoms with Crippen molar-refractivity contribution in [3.63, 3.8) is 0 Å². The van der Waals surface area contributed by atoms with Gasteiger partial charge in [0.25, 0.3) is 0 Å². The minimum Gasteiger partial charge on any atom is -0.321 e. The Hall–Kier alpha value is -0.710. The maximum Gasteiger partial charge on any atom is 0.241 e. The molecule has 0 spiro atoms. The molecule has 1 saturated heterocycles. The zero-order valence-electron chi connectivity index (χ0n) is 12.8. The number of benzene rings is 1. The standard InChI is InChI=1S/C16H23ClN2OS/c1-4-11(2)14-16(20)19(8-9-21-3)15(18-14)12-6-5-7-13(17)10-12/h5-7,10-11,14-15,18H,4,8-9H2,1-3H3. The number of carbonyl (C=O) groups excluding carboxylic acids is 1. The Morgan fingerprint density at radius 1 is 1.48 bits per heavy atom. The lowest BCUT2D eigenvalue weighted by Crippen LogP contribution is -2.36. The molecular weight excluding hydrogens is 304 g/mol. The third-order valence-corrected chi connectivity index (χ3v) is 4.94. The first-order valence-corrected chi connectivity index (χ1v) is 9.16. The second-order valence-corrected chi connectivity index (χ2v) is 6.93. The van der Waals surface area contributed by atoms with Crippen molar-refractivity contribution in [2.24, 2.45) is 5.92 Å². The minimum absolute atomic E-state index is 0.0673. The normalized spacial score (nSPS) is 23.6. The molecule has 1 aliphatic rings. The van der Waals surface area contributed by atoms with Crippen LogP contribution in [0.25, 0.3) is 0 Å². The molecule has 0 saturated carbocycles. The summed E-state index contributed by atoms with van der Waals surface area (Å²) in [6, 6.07) is 7.67. The van der Waals surface area contributed by atoms with E-state index in [1.165, 1.54) is 0 Å². The highest BCUT2D eigenvalue weighted by molar-refractivity contribution is 7.98. The summed E-state index contributed by atoms with van der Waals surface area (Å²) in [7, 11) is 0. The van der Waals surface area contributed by atoms with Gasteiger partial charge in [-0.05, 0) is 29.9 Å². The first kappa shape index (κ1) is 16.7. The van der Waals surface area contributed by atoms with Gasteiger partial charge in [-0.1, -0.05) is 44.0 Å². The third kappa shape index (κ3) is 3.74. The van der Waals surface area contributed by atoms with E-state index in [2.05, 4.69) is 25.4 Å². The number of carbonyl (C=O) groups is 1. The number of amides is 1. The average molecular weight is 327 g/mol. The summed E-state index contributed by atoms with van der Waals surface area (Å²) >= 11 is 7.86. The molecule has 3 nitrogen and oxygen atoms in total. The van der Waals surface area contributed by atoms with Crippen molar-refractivity contribution in [1.29, 1.82) is 0 Å². The van der Waals surface area contributed by atoms with Gasteiger partial charge >= 0.3 is 0 Å². The molecule has 2 rings (SSSR count). The van der Waals surface area contributed by atoms with Gasteiger partial charge in [0.15, 0.2) is 0 Å². The van der Waals surface area contributed by atoms with Crippen LogP contribution < -0.4 is 5.32 Å². The number of hydrogen-bond donors (Lipinski definition) is 1. The van der Waals surface area contributed by atoms with Gasteiger partial charge in [-0.3, -0.25) is 10.1 Å². The Kier molecular flexibility index (Phi) is 5.97. The molecule has 0 aromatic heterocycles. The number of nitrogens with one attached hydrogen (secondary N) is 1. The average Bonchev–Trinajstić information content (AvgIpc) is 2.81. The van der Waals surface area contributed by atoms with Crippen LogP contribution in [-0.4, -0.2) is 35.4 Å². The minimum atomic E-state index is -0.0964. The van der Waals surface area contributed by atoms with E-state index >= 15 is 0 Å². The van der Waals surface area contributed by atoms with Crippen LogP contribution in [0.2, 0.25) is 5.02 Å². The van der Waals surface area contributed by atoms with Crippen LogP contribution in [0.5, 0.6) is 0 Å². The Balaban J connectivity index is 2.26.